The van der Waals surface area contributed by atoms with Crippen molar-refractivity contribution in [2.45, 2.75) is 70.1 Å². The number of ketones is 1. The molecule has 4 nitrogen and oxygen atoms in total. The third-order valence-corrected chi connectivity index (χ3v) is 8.62. The molecule has 3 aliphatic rings. The van der Waals surface area contributed by atoms with Crippen molar-refractivity contribution in [1.29, 1.82) is 0 Å². The van der Waals surface area contributed by atoms with Crippen LogP contribution in [0.4, 0.5) is 4.39 Å². The largest absolute Gasteiger partial charge is 0.461 e. The zero-order chi connectivity index (χ0) is 22.6. The van der Waals surface area contributed by atoms with Crippen molar-refractivity contribution in [3.8, 4) is 0 Å². The molecule has 180 valence electrons. The van der Waals surface area contributed by atoms with Crippen molar-refractivity contribution in [3.05, 3.63) is 35.8 Å². The molecular weight excluding hydrogens is 417 g/mol. The fraction of sp³-hybridized carbons (Fsp3) is 0.679. The smallest absolute Gasteiger partial charge is 0.169 e. The van der Waals surface area contributed by atoms with Gasteiger partial charge in [0.25, 0.3) is 0 Å². The van der Waals surface area contributed by atoms with Crippen molar-refractivity contribution >= 4 is 16.8 Å². The highest BCUT2D eigenvalue weighted by Gasteiger charge is 2.28. The van der Waals surface area contributed by atoms with Gasteiger partial charge in [0.15, 0.2) is 11.4 Å². The predicted molar refractivity (Wildman–Crippen MR) is 128 cm³/mol. The van der Waals surface area contributed by atoms with Gasteiger partial charge < -0.3 is 14.1 Å². The van der Waals surface area contributed by atoms with Crippen LogP contribution in [0.5, 0.6) is 0 Å². The number of piperidine rings is 1. The quantitative estimate of drug-likeness (QED) is 0.489. The lowest BCUT2D eigenvalue weighted by molar-refractivity contribution is -0.126. The number of likely N-dealkylation sites (tertiary alicyclic amines) is 1. The van der Waals surface area contributed by atoms with Gasteiger partial charge in [-0.2, -0.15) is 0 Å². The van der Waals surface area contributed by atoms with E-state index in [-0.39, 0.29) is 11.7 Å². The molecule has 1 aromatic heterocycles. The van der Waals surface area contributed by atoms with Gasteiger partial charge in [0.05, 0.1) is 6.26 Å². The van der Waals surface area contributed by atoms with Crippen molar-refractivity contribution in [2.75, 3.05) is 32.8 Å². The predicted octanol–water partition coefficient (Wildman–Crippen LogP) is 6.33. The first-order valence-electron chi connectivity index (χ1n) is 13.2. The molecule has 3 fully saturated rings. The van der Waals surface area contributed by atoms with Crippen LogP contribution in [0.2, 0.25) is 0 Å². The normalized spacial score (nSPS) is 26.1. The van der Waals surface area contributed by atoms with Crippen LogP contribution in [0.15, 0.2) is 28.9 Å². The second kappa shape index (κ2) is 10.7. The van der Waals surface area contributed by atoms with Gasteiger partial charge in [-0.05, 0) is 100 Å². The summed E-state index contributed by atoms with van der Waals surface area (Å²) in [5, 5.41) is 0.945. The summed E-state index contributed by atoms with van der Waals surface area (Å²) in [6.07, 6.45) is 12.8. The van der Waals surface area contributed by atoms with Crippen molar-refractivity contribution in [2.24, 2.45) is 17.8 Å². The number of rotatable bonds is 7. The van der Waals surface area contributed by atoms with E-state index in [0.29, 0.717) is 23.2 Å². The average Bonchev–Trinajstić information content (AvgIpc) is 3.36. The van der Waals surface area contributed by atoms with Gasteiger partial charge in [-0.1, -0.05) is 18.9 Å². The fourth-order valence-corrected chi connectivity index (χ4v) is 6.43. The molecule has 2 saturated heterocycles. The Morgan fingerprint density at radius 1 is 0.939 bits per heavy atom. The van der Waals surface area contributed by atoms with Crippen molar-refractivity contribution in [3.63, 3.8) is 0 Å². The Bertz CT molecular complexity index is 918. The highest BCUT2D eigenvalue weighted by molar-refractivity contribution is 5.82. The maximum atomic E-state index is 14.0. The minimum Gasteiger partial charge on any atom is -0.461 e. The van der Waals surface area contributed by atoms with Crippen LogP contribution in [-0.4, -0.2) is 43.5 Å². The van der Waals surface area contributed by atoms with Crippen LogP contribution in [0.25, 0.3) is 11.0 Å². The summed E-state index contributed by atoms with van der Waals surface area (Å²) in [6.45, 7) is 4.95. The van der Waals surface area contributed by atoms with Crippen LogP contribution >= 0.6 is 0 Å². The third-order valence-electron chi connectivity index (χ3n) is 8.62. The van der Waals surface area contributed by atoms with Gasteiger partial charge >= 0.3 is 0 Å². The lowest BCUT2D eigenvalue weighted by Gasteiger charge is -2.34. The second-order valence-corrected chi connectivity index (χ2v) is 10.6. The monoisotopic (exact) mass is 455 g/mol. The lowest BCUT2D eigenvalue weighted by atomic mass is 9.77. The number of Topliss-reactive ketones (excluding diaryl/α,β-unsaturated/α-hetero) is 1. The minimum absolute atomic E-state index is 0.263. The number of fused-ring (bicyclic) bond motifs is 1. The molecular formula is C28H38FNO3. The van der Waals surface area contributed by atoms with Gasteiger partial charge in [0.1, 0.15) is 5.78 Å². The number of furan rings is 1. The molecule has 0 N–H and O–H groups in total. The van der Waals surface area contributed by atoms with Crippen LogP contribution in [0.1, 0.15) is 75.7 Å². The first-order chi connectivity index (χ1) is 16.2. The van der Waals surface area contributed by atoms with E-state index < -0.39 is 0 Å². The summed E-state index contributed by atoms with van der Waals surface area (Å²) in [5.41, 5.74) is 1.65. The van der Waals surface area contributed by atoms with E-state index in [1.807, 2.05) is 12.1 Å². The van der Waals surface area contributed by atoms with Crippen LogP contribution in [-0.2, 0) is 9.53 Å². The Morgan fingerprint density at radius 2 is 1.67 bits per heavy atom. The Labute approximate surface area is 196 Å². The van der Waals surface area contributed by atoms with E-state index >= 15 is 0 Å². The first kappa shape index (κ1) is 23.0. The maximum Gasteiger partial charge on any atom is 0.169 e. The Hall–Kier alpha value is -1.72. The molecule has 1 aliphatic carbocycles. The number of halogens is 1. The topological polar surface area (TPSA) is 42.7 Å². The Balaban J connectivity index is 1.02. The molecule has 3 heterocycles. The summed E-state index contributed by atoms with van der Waals surface area (Å²) in [7, 11) is 0. The van der Waals surface area contributed by atoms with Gasteiger partial charge in [-0.3, -0.25) is 4.79 Å². The van der Waals surface area contributed by atoms with E-state index in [1.54, 1.807) is 12.3 Å². The second-order valence-electron chi connectivity index (χ2n) is 10.6. The minimum atomic E-state index is -0.265. The van der Waals surface area contributed by atoms with Gasteiger partial charge in [0.2, 0.25) is 0 Å². The molecule has 0 atom stereocenters. The standard InChI is InChI=1S/C28H38FNO3/c29-26-6-5-24(25-12-18-33-28(25)26)22-8-14-30(15-9-22)13-7-20-1-3-21(4-2-20)19-27(31)23-10-16-32-17-11-23/h5-6,12,18,20-23H,1-4,7-11,13-17,19H2. The summed E-state index contributed by atoms with van der Waals surface area (Å²) in [4.78, 5) is 15.2. The zero-order valence-corrected chi connectivity index (χ0v) is 19.8. The SMILES string of the molecule is O=C(CC1CCC(CCN2CCC(c3ccc(F)c4occc34)CC2)CC1)C1CCOCC1. The van der Waals surface area contributed by atoms with E-state index in [2.05, 4.69) is 4.90 Å². The highest BCUT2D eigenvalue weighted by atomic mass is 19.1. The van der Waals surface area contributed by atoms with Crippen molar-refractivity contribution in [1.82, 2.24) is 4.90 Å². The van der Waals surface area contributed by atoms with Crippen LogP contribution in [0, 0.1) is 23.6 Å². The summed E-state index contributed by atoms with van der Waals surface area (Å²) >= 11 is 0. The number of benzene rings is 1. The molecule has 5 heteroatoms. The van der Waals surface area contributed by atoms with E-state index in [1.165, 1.54) is 44.2 Å². The Kier molecular flexibility index (Phi) is 7.46. The van der Waals surface area contributed by atoms with Crippen LogP contribution < -0.4 is 0 Å². The molecule has 5 rings (SSSR count). The van der Waals surface area contributed by atoms with E-state index in [0.717, 1.165) is 69.7 Å². The number of hydrogen-bond donors (Lipinski definition) is 0. The number of ether oxygens (including phenoxy) is 1. The van der Waals surface area contributed by atoms with E-state index in [9.17, 15) is 9.18 Å². The third kappa shape index (κ3) is 5.51. The van der Waals surface area contributed by atoms with Gasteiger partial charge in [-0.15, -0.1) is 0 Å². The van der Waals surface area contributed by atoms with E-state index in [4.69, 9.17) is 9.15 Å². The summed E-state index contributed by atoms with van der Waals surface area (Å²) < 4.78 is 24.7. The van der Waals surface area contributed by atoms with Crippen molar-refractivity contribution < 1.29 is 18.3 Å². The molecule has 0 unspecified atom stereocenters. The molecule has 33 heavy (non-hydrogen) atoms. The number of hydrogen-bond acceptors (Lipinski definition) is 4. The highest BCUT2D eigenvalue weighted by Crippen LogP contribution is 2.36. The molecule has 2 aromatic rings. The molecule has 1 saturated carbocycles. The average molecular weight is 456 g/mol. The Morgan fingerprint density at radius 3 is 2.42 bits per heavy atom. The zero-order valence-electron chi connectivity index (χ0n) is 19.8. The molecule has 0 radical (unpaired) electrons. The molecule has 1 aromatic carbocycles. The first-order valence-corrected chi connectivity index (χ1v) is 13.2. The molecule has 2 aliphatic heterocycles. The molecule has 0 amide bonds. The number of carbonyl (C=O) groups excluding carboxylic acids is 1. The van der Waals surface area contributed by atoms with Gasteiger partial charge in [0, 0.05) is 30.9 Å². The number of carbonyl (C=O) groups is 1. The number of nitrogens with zero attached hydrogens (tertiary/aromatic N) is 1. The lowest BCUT2D eigenvalue weighted by Crippen LogP contribution is -2.35. The molecule has 0 bridgehead atoms. The van der Waals surface area contributed by atoms with Crippen LogP contribution in [0.3, 0.4) is 0 Å². The summed E-state index contributed by atoms with van der Waals surface area (Å²) in [6, 6.07) is 5.42. The maximum absolute atomic E-state index is 14.0. The fourth-order valence-electron chi connectivity index (χ4n) is 6.43. The summed E-state index contributed by atoms with van der Waals surface area (Å²) in [5.74, 6) is 2.42. The molecule has 0 spiro atoms. The van der Waals surface area contributed by atoms with Gasteiger partial charge in [-0.25, -0.2) is 4.39 Å².